The van der Waals surface area contributed by atoms with Gasteiger partial charge in [-0.25, -0.2) is 0 Å². The van der Waals surface area contributed by atoms with Crippen LogP contribution in [0, 0.1) is 0 Å². The summed E-state index contributed by atoms with van der Waals surface area (Å²) in [5.41, 5.74) is 1.05. The van der Waals surface area contributed by atoms with E-state index in [-0.39, 0.29) is 0 Å². The molecule has 0 aliphatic rings. The predicted molar refractivity (Wildman–Crippen MR) is 73.2 cm³/mol. The lowest BCUT2D eigenvalue weighted by Gasteiger charge is -1.97. The van der Waals surface area contributed by atoms with Crippen LogP contribution in [0.25, 0.3) is 0 Å². The number of nitrogens with zero attached hydrogens (tertiary/aromatic N) is 3. The van der Waals surface area contributed by atoms with Crippen molar-refractivity contribution in [1.29, 1.82) is 0 Å². The Labute approximate surface area is 115 Å². The minimum Gasteiger partial charge on any atom is -0.259 e. The lowest BCUT2D eigenvalue weighted by atomic mass is 10.4. The summed E-state index contributed by atoms with van der Waals surface area (Å²) in [4.78, 5) is 4.30. The summed E-state index contributed by atoms with van der Waals surface area (Å²) in [7, 11) is 0. The number of halogens is 1. The minimum absolute atomic E-state index is 0.830. The maximum atomic E-state index is 4.30. The van der Waals surface area contributed by atoms with Crippen LogP contribution in [0.15, 0.2) is 31.5 Å². The zero-order valence-corrected chi connectivity index (χ0v) is 12.4. The van der Waals surface area contributed by atoms with Crippen molar-refractivity contribution >= 4 is 50.8 Å². The second-order valence-electron chi connectivity index (χ2n) is 2.79. The first-order chi connectivity index (χ1) is 7.78. The molecule has 0 N–H and O–H groups in total. The molecule has 0 radical (unpaired) electrons. The van der Waals surface area contributed by atoms with Gasteiger partial charge in [0.15, 0.2) is 8.68 Å². The summed E-state index contributed by atoms with van der Waals surface area (Å²) in [6.45, 7) is 0. The van der Waals surface area contributed by atoms with Gasteiger partial charge < -0.3 is 0 Å². The molecule has 0 spiro atoms. The monoisotopic (exact) mass is 333 g/mol. The first-order valence-electron chi connectivity index (χ1n) is 4.38. The molecule has 2 aromatic rings. The van der Waals surface area contributed by atoms with Crippen LogP contribution in [0.1, 0.15) is 5.69 Å². The minimum atomic E-state index is 0.830. The first-order valence-corrected chi connectivity index (χ1v) is 8.20. The van der Waals surface area contributed by atoms with Crippen LogP contribution in [0.4, 0.5) is 0 Å². The Morgan fingerprint density at radius 2 is 2.12 bits per heavy atom. The summed E-state index contributed by atoms with van der Waals surface area (Å²) in [5.74, 6) is 0.830. The zero-order chi connectivity index (χ0) is 11.4. The fourth-order valence-corrected chi connectivity index (χ4v) is 3.55. The molecule has 16 heavy (non-hydrogen) atoms. The Morgan fingerprint density at radius 1 is 1.31 bits per heavy atom. The van der Waals surface area contributed by atoms with Gasteiger partial charge in [-0.2, -0.15) is 0 Å². The summed E-state index contributed by atoms with van der Waals surface area (Å²) in [6.07, 6.45) is 3.81. The largest absolute Gasteiger partial charge is 0.259 e. The summed E-state index contributed by atoms with van der Waals surface area (Å²) in [6, 6.07) is 4.00. The van der Waals surface area contributed by atoms with Gasteiger partial charge in [0.05, 0.1) is 5.69 Å². The van der Waals surface area contributed by atoms with E-state index >= 15 is 0 Å². The number of thioether (sulfide) groups is 2. The standard InChI is InChI=1S/C9H8BrN3S3/c1-14-8-12-13-9(16-8)15-5-7-3-2-6(10)4-11-7/h2-4H,5H2,1H3. The molecule has 0 unspecified atom stereocenters. The molecule has 2 heterocycles. The highest BCUT2D eigenvalue weighted by atomic mass is 79.9. The van der Waals surface area contributed by atoms with Gasteiger partial charge in [-0.15, -0.1) is 10.2 Å². The second-order valence-corrected chi connectivity index (χ2v) is 6.96. The summed E-state index contributed by atoms with van der Waals surface area (Å²) < 4.78 is 3.00. The van der Waals surface area contributed by atoms with Crippen molar-refractivity contribution in [3.63, 3.8) is 0 Å². The Kier molecular flexibility index (Phi) is 4.63. The van der Waals surface area contributed by atoms with Gasteiger partial charge in [0.1, 0.15) is 0 Å². The third kappa shape index (κ3) is 3.44. The van der Waals surface area contributed by atoms with Crippen LogP contribution in [-0.4, -0.2) is 21.4 Å². The molecule has 0 bridgehead atoms. The van der Waals surface area contributed by atoms with Gasteiger partial charge in [-0.3, -0.25) is 4.98 Å². The number of hydrogen-bond donors (Lipinski definition) is 0. The lowest BCUT2D eigenvalue weighted by Crippen LogP contribution is -1.85. The molecule has 0 aliphatic heterocycles. The van der Waals surface area contributed by atoms with Crippen molar-refractivity contribution in [2.75, 3.05) is 6.26 Å². The van der Waals surface area contributed by atoms with Crippen molar-refractivity contribution in [3.05, 3.63) is 28.5 Å². The fourth-order valence-electron chi connectivity index (χ4n) is 0.965. The Balaban J connectivity index is 1.94. The highest BCUT2D eigenvalue weighted by molar-refractivity contribution is 9.10. The average molecular weight is 334 g/mol. The predicted octanol–water partition coefficient (Wildman–Crippen LogP) is 3.71. The summed E-state index contributed by atoms with van der Waals surface area (Å²) >= 11 is 8.28. The highest BCUT2D eigenvalue weighted by Crippen LogP contribution is 2.29. The van der Waals surface area contributed by atoms with Crippen LogP contribution in [0.5, 0.6) is 0 Å². The number of rotatable bonds is 4. The van der Waals surface area contributed by atoms with Crippen molar-refractivity contribution in [1.82, 2.24) is 15.2 Å². The molecule has 0 saturated heterocycles. The van der Waals surface area contributed by atoms with E-state index in [1.807, 2.05) is 24.6 Å². The maximum absolute atomic E-state index is 4.30. The number of aromatic nitrogens is 3. The van der Waals surface area contributed by atoms with Gasteiger partial charge in [0.25, 0.3) is 0 Å². The third-order valence-corrected chi connectivity index (χ3v) is 5.23. The van der Waals surface area contributed by atoms with E-state index in [2.05, 4.69) is 31.1 Å². The molecule has 0 amide bonds. The van der Waals surface area contributed by atoms with Gasteiger partial charge in [-0.05, 0) is 34.3 Å². The fraction of sp³-hybridized carbons (Fsp3) is 0.222. The van der Waals surface area contributed by atoms with Gasteiger partial charge in [0.2, 0.25) is 0 Å². The molecule has 0 fully saturated rings. The molecule has 7 heteroatoms. The van der Waals surface area contributed by atoms with E-state index in [0.717, 1.165) is 24.6 Å². The zero-order valence-electron chi connectivity index (χ0n) is 8.38. The van der Waals surface area contributed by atoms with E-state index in [0.29, 0.717) is 0 Å². The van der Waals surface area contributed by atoms with E-state index in [4.69, 9.17) is 0 Å². The van der Waals surface area contributed by atoms with Crippen molar-refractivity contribution in [2.24, 2.45) is 0 Å². The van der Waals surface area contributed by atoms with Gasteiger partial charge in [0, 0.05) is 16.4 Å². The van der Waals surface area contributed by atoms with Crippen molar-refractivity contribution in [2.45, 2.75) is 14.4 Å². The summed E-state index contributed by atoms with van der Waals surface area (Å²) in [5, 5.41) is 8.14. The molecule has 0 atom stereocenters. The normalized spacial score (nSPS) is 10.6. The topological polar surface area (TPSA) is 38.7 Å². The van der Waals surface area contributed by atoms with Crippen LogP contribution >= 0.6 is 50.8 Å². The van der Waals surface area contributed by atoms with E-state index in [9.17, 15) is 0 Å². The second kappa shape index (κ2) is 6.00. The molecular formula is C9H8BrN3S3. The van der Waals surface area contributed by atoms with Crippen molar-refractivity contribution < 1.29 is 0 Å². The molecule has 0 aromatic carbocycles. The van der Waals surface area contributed by atoms with Crippen LogP contribution in [0.2, 0.25) is 0 Å². The molecule has 0 aliphatic carbocycles. The first kappa shape index (κ1) is 12.3. The number of pyridine rings is 1. The van der Waals surface area contributed by atoms with Gasteiger partial charge in [-0.1, -0.05) is 34.9 Å². The Bertz CT molecular complexity index is 457. The lowest BCUT2D eigenvalue weighted by molar-refractivity contribution is 0.955. The molecule has 2 aromatic heterocycles. The Hall–Kier alpha value is -0.110. The maximum Gasteiger partial charge on any atom is 0.175 e. The van der Waals surface area contributed by atoms with Gasteiger partial charge >= 0.3 is 0 Å². The van der Waals surface area contributed by atoms with Crippen LogP contribution in [-0.2, 0) is 5.75 Å². The molecule has 0 saturated carbocycles. The SMILES string of the molecule is CSc1nnc(SCc2ccc(Br)cn2)s1. The smallest absolute Gasteiger partial charge is 0.175 e. The van der Waals surface area contributed by atoms with Crippen molar-refractivity contribution in [3.8, 4) is 0 Å². The number of hydrogen-bond acceptors (Lipinski definition) is 6. The molecule has 3 nitrogen and oxygen atoms in total. The highest BCUT2D eigenvalue weighted by Gasteiger charge is 2.04. The third-order valence-electron chi connectivity index (χ3n) is 1.69. The van der Waals surface area contributed by atoms with Crippen LogP contribution in [0.3, 0.4) is 0 Å². The van der Waals surface area contributed by atoms with E-state index in [1.54, 1.807) is 34.9 Å². The van der Waals surface area contributed by atoms with E-state index < -0.39 is 0 Å². The molecule has 84 valence electrons. The molecule has 2 rings (SSSR count). The molecular weight excluding hydrogens is 326 g/mol. The van der Waals surface area contributed by atoms with Crippen LogP contribution < -0.4 is 0 Å². The van der Waals surface area contributed by atoms with E-state index in [1.165, 1.54) is 0 Å². The Morgan fingerprint density at radius 3 is 2.75 bits per heavy atom. The quantitative estimate of drug-likeness (QED) is 0.797. The average Bonchev–Trinajstić information content (AvgIpc) is 2.76.